The van der Waals surface area contributed by atoms with Gasteiger partial charge >= 0.3 is 0 Å². The molecule has 1 aromatic rings. The zero-order valence-electron chi connectivity index (χ0n) is 13.9. The standard InChI is InChI=1S/C17H26N2O2/c1-15(2,12-9-7-8-10-18-12)14(20)19-13-11-17(5,21-6)16(13,3)4/h7-10,13H,11H2,1-6H3,(H,19,20)/t13-,17+/m0/s1. The molecule has 2 rings (SSSR count). The van der Waals surface area contributed by atoms with E-state index >= 15 is 0 Å². The number of carbonyl (C=O) groups excluding carboxylic acids is 1. The van der Waals surface area contributed by atoms with Crippen molar-refractivity contribution in [2.24, 2.45) is 5.41 Å². The molecule has 1 N–H and O–H groups in total. The van der Waals surface area contributed by atoms with Crippen molar-refractivity contribution in [3.05, 3.63) is 30.1 Å². The van der Waals surface area contributed by atoms with E-state index in [0.29, 0.717) is 0 Å². The number of aromatic nitrogens is 1. The van der Waals surface area contributed by atoms with E-state index in [0.717, 1.165) is 12.1 Å². The predicted molar refractivity (Wildman–Crippen MR) is 83.0 cm³/mol. The molecule has 2 atom stereocenters. The highest BCUT2D eigenvalue weighted by molar-refractivity contribution is 5.87. The summed E-state index contributed by atoms with van der Waals surface area (Å²) in [5, 5.41) is 3.18. The summed E-state index contributed by atoms with van der Waals surface area (Å²) in [6.07, 6.45) is 2.56. The van der Waals surface area contributed by atoms with Gasteiger partial charge in [0.2, 0.25) is 5.91 Å². The molecule has 1 aliphatic rings. The normalized spacial score (nSPS) is 27.8. The maximum Gasteiger partial charge on any atom is 0.231 e. The van der Waals surface area contributed by atoms with Gasteiger partial charge < -0.3 is 10.1 Å². The van der Waals surface area contributed by atoms with Gasteiger partial charge in [-0.2, -0.15) is 0 Å². The lowest BCUT2D eigenvalue weighted by Gasteiger charge is -2.59. The minimum atomic E-state index is -0.642. The van der Waals surface area contributed by atoms with E-state index in [1.165, 1.54) is 0 Å². The average molecular weight is 290 g/mol. The SMILES string of the molecule is CO[C@]1(C)C[C@H](NC(=O)C(C)(C)c2ccccn2)C1(C)C. The summed E-state index contributed by atoms with van der Waals surface area (Å²) in [6, 6.07) is 5.78. The highest BCUT2D eigenvalue weighted by Gasteiger charge is 2.58. The number of carbonyl (C=O) groups is 1. The fraction of sp³-hybridized carbons (Fsp3) is 0.647. The zero-order valence-corrected chi connectivity index (χ0v) is 13.9. The molecule has 21 heavy (non-hydrogen) atoms. The van der Waals surface area contributed by atoms with Crippen LogP contribution in [0.1, 0.15) is 46.7 Å². The van der Waals surface area contributed by atoms with Gasteiger partial charge in [-0.15, -0.1) is 0 Å². The van der Waals surface area contributed by atoms with Crippen molar-refractivity contribution >= 4 is 5.91 Å². The average Bonchev–Trinajstić information content (AvgIpc) is 2.47. The molecule has 0 unspecified atom stereocenters. The smallest absolute Gasteiger partial charge is 0.231 e. The molecule has 0 aliphatic heterocycles. The molecule has 0 radical (unpaired) electrons. The van der Waals surface area contributed by atoms with E-state index in [-0.39, 0.29) is 23.0 Å². The second-order valence-corrected chi connectivity index (χ2v) is 7.23. The van der Waals surface area contributed by atoms with Crippen LogP contribution in [0.3, 0.4) is 0 Å². The van der Waals surface area contributed by atoms with Gasteiger partial charge in [-0.1, -0.05) is 19.9 Å². The Kier molecular flexibility index (Phi) is 3.87. The first-order chi connectivity index (χ1) is 9.65. The Hall–Kier alpha value is -1.42. The van der Waals surface area contributed by atoms with Crippen molar-refractivity contribution < 1.29 is 9.53 Å². The van der Waals surface area contributed by atoms with Gasteiger partial charge in [0.05, 0.1) is 16.7 Å². The lowest BCUT2D eigenvalue weighted by molar-refractivity contribution is -0.183. The molecule has 1 heterocycles. The van der Waals surface area contributed by atoms with Crippen LogP contribution >= 0.6 is 0 Å². The number of rotatable bonds is 4. The molecule has 1 amide bonds. The van der Waals surface area contributed by atoms with Gasteiger partial charge in [0.15, 0.2) is 0 Å². The van der Waals surface area contributed by atoms with Gasteiger partial charge in [0.25, 0.3) is 0 Å². The van der Waals surface area contributed by atoms with E-state index in [9.17, 15) is 4.79 Å². The Labute approximate surface area is 127 Å². The topological polar surface area (TPSA) is 51.2 Å². The van der Waals surface area contributed by atoms with Crippen molar-refractivity contribution in [3.8, 4) is 0 Å². The van der Waals surface area contributed by atoms with Crippen molar-refractivity contribution in [1.82, 2.24) is 10.3 Å². The molecule has 1 aromatic heterocycles. The Morgan fingerprint density at radius 1 is 1.38 bits per heavy atom. The van der Waals surface area contributed by atoms with Crippen LogP contribution in [-0.2, 0) is 14.9 Å². The summed E-state index contributed by atoms with van der Waals surface area (Å²) >= 11 is 0. The molecule has 0 bridgehead atoms. The Morgan fingerprint density at radius 2 is 2.05 bits per heavy atom. The fourth-order valence-electron chi connectivity index (χ4n) is 2.91. The summed E-state index contributed by atoms with van der Waals surface area (Å²) in [6.45, 7) is 10.2. The first-order valence-corrected chi connectivity index (χ1v) is 7.43. The third-order valence-electron chi connectivity index (χ3n) is 5.46. The van der Waals surface area contributed by atoms with Gasteiger partial charge in [0, 0.05) is 24.8 Å². The van der Waals surface area contributed by atoms with Crippen LogP contribution in [0.4, 0.5) is 0 Å². The number of methoxy groups -OCH3 is 1. The highest BCUT2D eigenvalue weighted by atomic mass is 16.5. The van der Waals surface area contributed by atoms with Gasteiger partial charge in [0.1, 0.15) is 0 Å². The number of amides is 1. The summed E-state index contributed by atoms with van der Waals surface area (Å²) < 4.78 is 5.61. The van der Waals surface area contributed by atoms with Crippen LogP contribution in [0.5, 0.6) is 0 Å². The molecule has 1 fully saturated rings. The molecule has 4 heteroatoms. The van der Waals surface area contributed by atoms with Crippen LogP contribution in [-0.4, -0.2) is 29.6 Å². The third kappa shape index (κ3) is 2.46. The van der Waals surface area contributed by atoms with Crippen molar-refractivity contribution in [2.45, 2.75) is 58.1 Å². The first kappa shape index (κ1) is 16.0. The number of nitrogens with one attached hydrogen (secondary N) is 1. The molecular formula is C17H26N2O2. The quantitative estimate of drug-likeness (QED) is 0.927. The van der Waals surface area contributed by atoms with Gasteiger partial charge in [-0.25, -0.2) is 0 Å². The van der Waals surface area contributed by atoms with Crippen molar-refractivity contribution in [2.75, 3.05) is 7.11 Å². The van der Waals surface area contributed by atoms with Crippen LogP contribution < -0.4 is 5.32 Å². The maximum absolute atomic E-state index is 12.7. The highest BCUT2D eigenvalue weighted by Crippen LogP contribution is 2.51. The summed E-state index contributed by atoms with van der Waals surface area (Å²) in [5.41, 5.74) is -0.122. The molecule has 4 nitrogen and oxygen atoms in total. The number of pyridine rings is 1. The van der Waals surface area contributed by atoms with Crippen LogP contribution in [0, 0.1) is 5.41 Å². The molecule has 0 aromatic carbocycles. The summed E-state index contributed by atoms with van der Waals surface area (Å²) in [7, 11) is 1.73. The number of nitrogens with zero attached hydrogens (tertiary/aromatic N) is 1. The Bertz CT molecular complexity index is 525. The van der Waals surface area contributed by atoms with E-state index < -0.39 is 5.41 Å². The Balaban J connectivity index is 2.10. The zero-order chi connectivity index (χ0) is 15.9. The lowest BCUT2D eigenvalue weighted by Crippen LogP contribution is -2.69. The largest absolute Gasteiger partial charge is 0.378 e. The van der Waals surface area contributed by atoms with Crippen LogP contribution in [0.15, 0.2) is 24.4 Å². The third-order valence-corrected chi connectivity index (χ3v) is 5.46. The fourth-order valence-corrected chi connectivity index (χ4v) is 2.91. The van der Waals surface area contributed by atoms with Crippen LogP contribution in [0.25, 0.3) is 0 Å². The second kappa shape index (κ2) is 5.09. The summed E-state index contributed by atoms with van der Waals surface area (Å²) in [4.78, 5) is 17.0. The van der Waals surface area contributed by atoms with Crippen LogP contribution in [0.2, 0.25) is 0 Å². The monoisotopic (exact) mass is 290 g/mol. The van der Waals surface area contributed by atoms with Gasteiger partial charge in [-0.05, 0) is 39.3 Å². The van der Waals surface area contributed by atoms with E-state index in [1.807, 2.05) is 32.0 Å². The first-order valence-electron chi connectivity index (χ1n) is 7.43. The van der Waals surface area contributed by atoms with E-state index in [2.05, 4.69) is 31.1 Å². The Morgan fingerprint density at radius 3 is 2.52 bits per heavy atom. The minimum absolute atomic E-state index is 0.0115. The molecular weight excluding hydrogens is 264 g/mol. The summed E-state index contributed by atoms with van der Waals surface area (Å²) in [5.74, 6) is 0.0115. The molecule has 1 saturated carbocycles. The van der Waals surface area contributed by atoms with E-state index in [1.54, 1.807) is 13.3 Å². The second-order valence-electron chi connectivity index (χ2n) is 7.23. The number of hydrogen-bond donors (Lipinski definition) is 1. The molecule has 0 spiro atoms. The minimum Gasteiger partial charge on any atom is -0.378 e. The molecule has 116 valence electrons. The lowest BCUT2D eigenvalue weighted by atomic mass is 9.55. The number of hydrogen-bond acceptors (Lipinski definition) is 3. The predicted octanol–water partition coefficient (Wildman–Crippen LogP) is 2.68. The number of ether oxygens (including phenoxy) is 1. The van der Waals surface area contributed by atoms with Crippen molar-refractivity contribution in [1.29, 1.82) is 0 Å². The van der Waals surface area contributed by atoms with Crippen molar-refractivity contribution in [3.63, 3.8) is 0 Å². The molecule has 1 aliphatic carbocycles. The molecule has 0 saturated heterocycles. The van der Waals surface area contributed by atoms with E-state index in [4.69, 9.17) is 4.74 Å². The van der Waals surface area contributed by atoms with Gasteiger partial charge in [-0.3, -0.25) is 9.78 Å². The maximum atomic E-state index is 12.7.